The lowest BCUT2D eigenvalue weighted by atomic mass is 10.1. The second-order valence-electron chi connectivity index (χ2n) is 6.44. The van der Waals surface area contributed by atoms with Crippen LogP contribution in [-0.4, -0.2) is 32.2 Å². The first-order valence-corrected chi connectivity index (χ1v) is 8.41. The van der Waals surface area contributed by atoms with E-state index in [1.807, 2.05) is 0 Å². The molecule has 1 amide bonds. The predicted octanol–water partition coefficient (Wildman–Crippen LogP) is 1.51. The van der Waals surface area contributed by atoms with Crippen molar-refractivity contribution in [3.8, 4) is 0 Å². The third-order valence-corrected chi connectivity index (χ3v) is 4.53. The summed E-state index contributed by atoms with van der Waals surface area (Å²) in [6, 6.07) is 8.95. The number of H-pyrrole nitrogens is 1. The molecule has 7 nitrogen and oxygen atoms in total. The van der Waals surface area contributed by atoms with E-state index in [1.54, 1.807) is 0 Å². The number of hydrogen-bond donors (Lipinski definition) is 2. The fraction of sp³-hybridized carbons (Fsp3) is 0.333. The summed E-state index contributed by atoms with van der Waals surface area (Å²) in [5.74, 6) is 1.49. The Morgan fingerprint density at radius 2 is 2.16 bits per heavy atom. The minimum Gasteiger partial charge on any atom is -0.350 e. The molecule has 1 saturated carbocycles. The smallest absolute Gasteiger partial charge is 0.271 e. The number of rotatable bonds is 5. The van der Waals surface area contributed by atoms with Crippen molar-refractivity contribution in [1.82, 2.24) is 25.1 Å². The molecule has 2 heterocycles. The topological polar surface area (TPSA) is 92.7 Å². The summed E-state index contributed by atoms with van der Waals surface area (Å²) in [5.41, 5.74) is 3.16. The van der Waals surface area contributed by atoms with Crippen molar-refractivity contribution < 1.29 is 4.79 Å². The minimum atomic E-state index is -0.328. The molecule has 2 N–H and O–H groups in total. The summed E-state index contributed by atoms with van der Waals surface area (Å²) in [6.07, 6.45) is 3.17. The first-order valence-electron chi connectivity index (χ1n) is 8.41. The fourth-order valence-corrected chi connectivity index (χ4v) is 3.01. The van der Waals surface area contributed by atoms with Crippen LogP contribution in [0.1, 0.15) is 40.6 Å². The summed E-state index contributed by atoms with van der Waals surface area (Å²) in [6.45, 7) is 0.494. The van der Waals surface area contributed by atoms with Gasteiger partial charge in [0.25, 0.3) is 11.5 Å². The monoisotopic (exact) mass is 337 g/mol. The zero-order chi connectivity index (χ0) is 17.4. The maximum atomic E-state index is 12.0. The van der Waals surface area contributed by atoms with Crippen LogP contribution in [0.25, 0.3) is 11.0 Å². The first-order chi connectivity index (χ1) is 12.1. The number of hydrogen-bond acceptors (Lipinski definition) is 4. The summed E-state index contributed by atoms with van der Waals surface area (Å²) >= 11 is 0. The maximum absolute atomic E-state index is 12.0. The Labute approximate surface area is 144 Å². The van der Waals surface area contributed by atoms with E-state index in [0.717, 1.165) is 16.6 Å². The van der Waals surface area contributed by atoms with Gasteiger partial charge in [-0.05, 0) is 43.0 Å². The molecule has 0 unspecified atom stereocenters. The van der Waals surface area contributed by atoms with Crippen molar-refractivity contribution in [1.29, 1.82) is 0 Å². The Kier molecular flexibility index (Phi) is 3.83. The first kappa shape index (κ1) is 15.6. The molecule has 1 fully saturated rings. The van der Waals surface area contributed by atoms with E-state index in [9.17, 15) is 9.59 Å². The van der Waals surface area contributed by atoms with Crippen LogP contribution in [0.3, 0.4) is 0 Å². The highest BCUT2D eigenvalue weighted by molar-refractivity contribution is 5.91. The predicted molar refractivity (Wildman–Crippen MR) is 93.6 cm³/mol. The van der Waals surface area contributed by atoms with Crippen LogP contribution in [-0.2, 0) is 13.5 Å². The van der Waals surface area contributed by atoms with Gasteiger partial charge in [-0.3, -0.25) is 9.59 Å². The second kappa shape index (κ2) is 6.16. The lowest BCUT2D eigenvalue weighted by Gasteiger charge is -2.05. The van der Waals surface area contributed by atoms with Crippen molar-refractivity contribution in [2.24, 2.45) is 7.05 Å². The number of carbonyl (C=O) groups excluding carboxylic acids is 1. The molecule has 1 aliphatic carbocycles. The highest BCUT2D eigenvalue weighted by Crippen LogP contribution is 2.40. The quantitative estimate of drug-likeness (QED) is 0.738. The van der Waals surface area contributed by atoms with E-state index in [1.165, 1.54) is 30.8 Å². The van der Waals surface area contributed by atoms with E-state index in [2.05, 4.69) is 45.3 Å². The van der Waals surface area contributed by atoms with Gasteiger partial charge in [-0.2, -0.15) is 5.10 Å². The molecule has 0 radical (unpaired) electrons. The second-order valence-corrected chi connectivity index (χ2v) is 6.44. The summed E-state index contributed by atoms with van der Waals surface area (Å²) in [7, 11) is 2.07. The Morgan fingerprint density at radius 1 is 1.32 bits per heavy atom. The van der Waals surface area contributed by atoms with Gasteiger partial charge in [-0.1, -0.05) is 6.07 Å². The van der Waals surface area contributed by atoms with Gasteiger partial charge in [0.15, 0.2) is 0 Å². The van der Waals surface area contributed by atoms with Gasteiger partial charge >= 0.3 is 0 Å². The van der Waals surface area contributed by atoms with Crippen LogP contribution < -0.4 is 10.9 Å². The van der Waals surface area contributed by atoms with Crippen LogP contribution in [0.2, 0.25) is 0 Å². The third kappa shape index (κ3) is 3.17. The SMILES string of the molecule is Cn1c(C2CC2)nc2cc(CCNC(=O)c3ccc(=O)[nH]n3)ccc21. The van der Waals surface area contributed by atoms with E-state index < -0.39 is 0 Å². The highest BCUT2D eigenvalue weighted by Gasteiger charge is 2.28. The van der Waals surface area contributed by atoms with Crippen LogP contribution >= 0.6 is 0 Å². The van der Waals surface area contributed by atoms with Crippen LogP contribution in [0.5, 0.6) is 0 Å². The van der Waals surface area contributed by atoms with Crippen LogP contribution in [0, 0.1) is 0 Å². The molecular formula is C18H19N5O2. The average molecular weight is 337 g/mol. The highest BCUT2D eigenvalue weighted by atomic mass is 16.2. The van der Waals surface area contributed by atoms with Gasteiger partial charge in [0.05, 0.1) is 11.0 Å². The number of aryl methyl sites for hydroxylation is 1. The number of aromatic nitrogens is 4. The Bertz CT molecular complexity index is 980. The number of carbonyl (C=O) groups is 1. The lowest BCUT2D eigenvalue weighted by molar-refractivity contribution is 0.0948. The molecule has 3 aromatic rings. The van der Waals surface area contributed by atoms with Gasteiger partial charge in [-0.15, -0.1) is 0 Å². The lowest BCUT2D eigenvalue weighted by Crippen LogP contribution is -2.27. The molecule has 4 rings (SSSR count). The number of benzene rings is 1. The molecule has 0 bridgehead atoms. The molecule has 0 spiro atoms. The average Bonchev–Trinajstić information content (AvgIpc) is 3.40. The van der Waals surface area contributed by atoms with E-state index in [-0.39, 0.29) is 17.2 Å². The molecule has 128 valence electrons. The molecule has 7 heteroatoms. The molecule has 0 aliphatic heterocycles. The number of amides is 1. The Balaban J connectivity index is 1.41. The van der Waals surface area contributed by atoms with Crippen molar-refractivity contribution >= 4 is 16.9 Å². The van der Waals surface area contributed by atoms with Crippen molar-refractivity contribution in [2.45, 2.75) is 25.2 Å². The standard InChI is InChI=1S/C18H19N5O2/c1-23-15-6-2-11(10-14(15)20-17(23)12-3-4-12)8-9-19-18(25)13-5-7-16(24)22-21-13/h2,5-7,10,12H,3-4,8-9H2,1H3,(H,19,25)(H,22,24). The van der Waals surface area contributed by atoms with Crippen molar-refractivity contribution in [3.05, 3.63) is 57.8 Å². The number of imidazole rings is 1. The number of aromatic amines is 1. The van der Waals surface area contributed by atoms with Gasteiger partial charge < -0.3 is 9.88 Å². The molecule has 1 aromatic carbocycles. The molecule has 25 heavy (non-hydrogen) atoms. The normalized spacial score (nSPS) is 14.0. The molecule has 0 saturated heterocycles. The van der Waals surface area contributed by atoms with Crippen LogP contribution in [0.15, 0.2) is 35.1 Å². The zero-order valence-electron chi connectivity index (χ0n) is 14.0. The van der Waals surface area contributed by atoms with Crippen LogP contribution in [0.4, 0.5) is 0 Å². The zero-order valence-corrected chi connectivity index (χ0v) is 14.0. The fourth-order valence-electron chi connectivity index (χ4n) is 3.01. The molecule has 1 aliphatic rings. The van der Waals surface area contributed by atoms with Gasteiger partial charge in [0.2, 0.25) is 0 Å². The summed E-state index contributed by atoms with van der Waals surface area (Å²) in [5, 5.41) is 8.78. The maximum Gasteiger partial charge on any atom is 0.271 e. The van der Waals surface area contributed by atoms with E-state index in [4.69, 9.17) is 4.98 Å². The largest absolute Gasteiger partial charge is 0.350 e. The number of nitrogens with zero attached hydrogens (tertiary/aromatic N) is 3. The third-order valence-electron chi connectivity index (χ3n) is 4.53. The van der Waals surface area contributed by atoms with Crippen molar-refractivity contribution in [2.75, 3.05) is 6.54 Å². The molecular weight excluding hydrogens is 318 g/mol. The Morgan fingerprint density at radius 3 is 2.88 bits per heavy atom. The van der Waals surface area contributed by atoms with E-state index >= 15 is 0 Å². The minimum absolute atomic E-state index is 0.203. The number of fused-ring (bicyclic) bond motifs is 1. The molecule has 2 aromatic heterocycles. The van der Waals surface area contributed by atoms with Crippen molar-refractivity contribution in [3.63, 3.8) is 0 Å². The van der Waals surface area contributed by atoms with Gasteiger partial charge in [-0.25, -0.2) is 10.1 Å². The molecule has 0 atom stereocenters. The van der Waals surface area contributed by atoms with E-state index in [0.29, 0.717) is 18.9 Å². The summed E-state index contributed by atoms with van der Waals surface area (Å²) < 4.78 is 2.18. The number of nitrogens with one attached hydrogen (secondary N) is 2. The van der Waals surface area contributed by atoms with Gasteiger partial charge in [0.1, 0.15) is 11.5 Å². The van der Waals surface area contributed by atoms with Gasteiger partial charge in [0, 0.05) is 25.6 Å². The Hall–Kier alpha value is -2.96. The summed E-state index contributed by atoms with van der Waals surface area (Å²) in [4.78, 5) is 27.7.